The fraction of sp³-hybridized carbons (Fsp3) is 0.333. The second-order valence-electron chi connectivity index (χ2n) is 5.27. The Morgan fingerprint density at radius 3 is 2.16 bits per heavy atom. The van der Waals surface area contributed by atoms with Crippen LogP contribution in [-0.2, 0) is 0 Å². The van der Waals surface area contributed by atoms with E-state index in [0.29, 0.717) is 6.04 Å². The predicted molar refractivity (Wildman–Crippen MR) is 83.6 cm³/mol. The van der Waals surface area contributed by atoms with Crippen LogP contribution in [0.4, 0.5) is 5.69 Å². The van der Waals surface area contributed by atoms with Gasteiger partial charge in [-0.25, -0.2) is 0 Å². The summed E-state index contributed by atoms with van der Waals surface area (Å²) < 4.78 is 0. The Balaban J connectivity index is 2.21. The van der Waals surface area contributed by atoms with Crippen LogP contribution in [0, 0.1) is 13.8 Å². The average molecular weight is 253 g/mol. The zero-order valence-corrected chi connectivity index (χ0v) is 12.1. The van der Waals surface area contributed by atoms with Crippen molar-refractivity contribution < 1.29 is 0 Å². The summed E-state index contributed by atoms with van der Waals surface area (Å²) in [4.78, 5) is 0. The van der Waals surface area contributed by atoms with E-state index in [9.17, 15) is 0 Å². The topological polar surface area (TPSA) is 12.0 Å². The van der Waals surface area contributed by atoms with Gasteiger partial charge in [-0.3, -0.25) is 0 Å². The molecule has 0 saturated carbocycles. The molecule has 0 aliphatic rings. The van der Waals surface area contributed by atoms with E-state index in [1.54, 1.807) is 0 Å². The zero-order chi connectivity index (χ0) is 13.7. The highest BCUT2D eigenvalue weighted by Crippen LogP contribution is 2.25. The third-order valence-corrected chi connectivity index (χ3v) is 3.34. The van der Waals surface area contributed by atoms with Gasteiger partial charge in [-0.1, -0.05) is 49.7 Å². The Morgan fingerprint density at radius 1 is 0.947 bits per heavy atom. The van der Waals surface area contributed by atoms with E-state index >= 15 is 0 Å². The molecule has 0 fully saturated rings. The van der Waals surface area contributed by atoms with Crippen molar-refractivity contribution in [1.29, 1.82) is 0 Å². The predicted octanol–water partition coefficient (Wildman–Crippen LogP) is 5.26. The molecule has 0 aromatic heterocycles. The molecule has 0 aliphatic heterocycles. The minimum absolute atomic E-state index is 0.396. The van der Waals surface area contributed by atoms with Gasteiger partial charge in [0.25, 0.3) is 0 Å². The van der Waals surface area contributed by atoms with Gasteiger partial charge in [0.2, 0.25) is 0 Å². The summed E-state index contributed by atoms with van der Waals surface area (Å²) in [5, 5.41) is 3.68. The largest absolute Gasteiger partial charge is 0.378 e. The van der Waals surface area contributed by atoms with E-state index in [1.807, 2.05) is 0 Å². The van der Waals surface area contributed by atoms with Gasteiger partial charge < -0.3 is 5.32 Å². The van der Waals surface area contributed by atoms with Gasteiger partial charge in [0, 0.05) is 5.69 Å². The molecule has 2 rings (SSSR count). The molecule has 1 heteroatoms. The molecule has 0 bridgehead atoms. The van der Waals surface area contributed by atoms with Gasteiger partial charge in [0.05, 0.1) is 6.04 Å². The highest BCUT2D eigenvalue weighted by atomic mass is 14.9. The van der Waals surface area contributed by atoms with Crippen LogP contribution in [0.1, 0.15) is 42.5 Å². The smallest absolute Gasteiger partial charge is 0.0513 e. The maximum atomic E-state index is 3.68. The molecule has 1 unspecified atom stereocenters. The normalized spacial score (nSPS) is 12.2. The minimum atomic E-state index is 0.396. The Labute approximate surface area is 116 Å². The van der Waals surface area contributed by atoms with Crippen LogP contribution in [0.5, 0.6) is 0 Å². The molecule has 0 radical (unpaired) electrons. The molecule has 0 spiro atoms. The molecule has 1 nitrogen and oxygen atoms in total. The van der Waals surface area contributed by atoms with Gasteiger partial charge in [0.1, 0.15) is 0 Å². The van der Waals surface area contributed by atoms with Crippen molar-refractivity contribution in [2.75, 3.05) is 5.32 Å². The summed E-state index contributed by atoms with van der Waals surface area (Å²) >= 11 is 0. The molecule has 0 heterocycles. The number of rotatable bonds is 5. The standard InChI is InChI=1S/C18H23N/c1-4-8-18(16-9-6-5-7-10-16)19-17-12-14(2)11-15(3)13-17/h5-7,9-13,18-19H,4,8H2,1-3H3. The van der Waals surface area contributed by atoms with E-state index in [0.717, 1.165) is 6.42 Å². The Kier molecular flexibility index (Phi) is 4.62. The van der Waals surface area contributed by atoms with Crippen LogP contribution in [-0.4, -0.2) is 0 Å². The monoisotopic (exact) mass is 253 g/mol. The number of aryl methyl sites for hydroxylation is 2. The van der Waals surface area contributed by atoms with Crippen LogP contribution in [0.25, 0.3) is 0 Å². The Hall–Kier alpha value is -1.76. The molecule has 2 aromatic carbocycles. The quantitative estimate of drug-likeness (QED) is 0.766. The van der Waals surface area contributed by atoms with Gasteiger partial charge in [-0.2, -0.15) is 0 Å². The summed E-state index contributed by atoms with van der Waals surface area (Å²) in [6.45, 7) is 6.53. The van der Waals surface area contributed by atoms with Crippen molar-refractivity contribution in [2.45, 2.75) is 39.7 Å². The molecular formula is C18H23N. The zero-order valence-electron chi connectivity index (χ0n) is 12.1. The van der Waals surface area contributed by atoms with Crippen molar-refractivity contribution in [2.24, 2.45) is 0 Å². The van der Waals surface area contributed by atoms with Crippen LogP contribution in [0.3, 0.4) is 0 Å². The molecule has 19 heavy (non-hydrogen) atoms. The summed E-state index contributed by atoms with van der Waals surface area (Å²) in [5.74, 6) is 0. The van der Waals surface area contributed by atoms with Crippen molar-refractivity contribution in [1.82, 2.24) is 0 Å². The number of hydrogen-bond donors (Lipinski definition) is 1. The number of hydrogen-bond acceptors (Lipinski definition) is 1. The maximum Gasteiger partial charge on any atom is 0.0513 e. The first-order valence-corrected chi connectivity index (χ1v) is 7.09. The van der Waals surface area contributed by atoms with E-state index in [4.69, 9.17) is 0 Å². The van der Waals surface area contributed by atoms with E-state index < -0.39 is 0 Å². The van der Waals surface area contributed by atoms with Gasteiger partial charge in [-0.05, 0) is 49.1 Å². The second kappa shape index (κ2) is 6.42. The molecule has 0 aliphatic carbocycles. The number of nitrogens with one attached hydrogen (secondary N) is 1. The minimum Gasteiger partial charge on any atom is -0.378 e. The molecular weight excluding hydrogens is 230 g/mol. The first-order valence-electron chi connectivity index (χ1n) is 7.09. The summed E-state index contributed by atoms with van der Waals surface area (Å²) in [7, 11) is 0. The van der Waals surface area contributed by atoms with Crippen LogP contribution < -0.4 is 5.32 Å². The Bertz CT molecular complexity index is 496. The average Bonchev–Trinajstić information content (AvgIpc) is 2.38. The summed E-state index contributed by atoms with van der Waals surface area (Å²) in [6.07, 6.45) is 2.33. The van der Waals surface area contributed by atoms with Crippen molar-refractivity contribution in [3.63, 3.8) is 0 Å². The first kappa shape index (κ1) is 13.7. The lowest BCUT2D eigenvalue weighted by molar-refractivity contribution is 0.677. The van der Waals surface area contributed by atoms with Crippen molar-refractivity contribution in [3.05, 3.63) is 65.2 Å². The summed E-state index contributed by atoms with van der Waals surface area (Å²) in [5.41, 5.74) is 5.21. The fourth-order valence-electron chi connectivity index (χ4n) is 2.56. The van der Waals surface area contributed by atoms with E-state index in [1.165, 1.54) is 28.8 Å². The van der Waals surface area contributed by atoms with Crippen LogP contribution >= 0.6 is 0 Å². The lowest BCUT2D eigenvalue weighted by Gasteiger charge is -2.20. The second-order valence-corrected chi connectivity index (χ2v) is 5.27. The van der Waals surface area contributed by atoms with Gasteiger partial charge >= 0.3 is 0 Å². The molecule has 1 N–H and O–H groups in total. The van der Waals surface area contributed by atoms with Crippen molar-refractivity contribution >= 4 is 5.69 Å². The Morgan fingerprint density at radius 2 is 1.58 bits per heavy atom. The van der Waals surface area contributed by atoms with Gasteiger partial charge in [-0.15, -0.1) is 0 Å². The number of benzene rings is 2. The lowest BCUT2D eigenvalue weighted by atomic mass is 10.0. The van der Waals surface area contributed by atoms with Crippen LogP contribution in [0.2, 0.25) is 0 Å². The molecule has 100 valence electrons. The highest BCUT2D eigenvalue weighted by molar-refractivity contribution is 5.50. The van der Waals surface area contributed by atoms with E-state index in [2.05, 4.69) is 74.6 Å². The maximum absolute atomic E-state index is 3.68. The van der Waals surface area contributed by atoms with Crippen molar-refractivity contribution in [3.8, 4) is 0 Å². The third-order valence-electron chi connectivity index (χ3n) is 3.34. The number of anilines is 1. The summed E-state index contributed by atoms with van der Waals surface area (Å²) in [6, 6.07) is 17.8. The highest BCUT2D eigenvalue weighted by Gasteiger charge is 2.10. The first-order chi connectivity index (χ1) is 9.19. The van der Waals surface area contributed by atoms with Crippen LogP contribution in [0.15, 0.2) is 48.5 Å². The molecule has 1 atom stereocenters. The third kappa shape index (κ3) is 3.85. The lowest BCUT2D eigenvalue weighted by Crippen LogP contribution is -2.10. The molecule has 2 aromatic rings. The molecule has 0 amide bonds. The van der Waals surface area contributed by atoms with Gasteiger partial charge in [0.15, 0.2) is 0 Å². The fourth-order valence-corrected chi connectivity index (χ4v) is 2.56. The van der Waals surface area contributed by atoms with E-state index in [-0.39, 0.29) is 0 Å². The SMILES string of the molecule is CCCC(Nc1cc(C)cc(C)c1)c1ccccc1. The molecule has 0 saturated heterocycles.